The molecule has 1 nitrogen and oxygen atoms in total. The molecular formula is C13H17IO. The molecule has 0 amide bonds. The molecule has 0 aliphatic heterocycles. The summed E-state index contributed by atoms with van der Waals surface area (Å²) in [4.78, 5) is 0. The fourth-order valence-electron chi connectivity index (χ4n) is 2.12. The predicted molar refractivity (Wildman–Crippen MR) is 71.2 cm³/mol. The number of benzene rings is 1. The number of hydrogen-bond donors (Lipinski definition) is 0. The van der Waals surface area contributed by atoms with E-state index in [1.54, 1.807) is 0 Å². The van der Waals surface area contributed by atoms with Crippen LogP contribution in [0, 0.1) is 9.49 Å². The molecule has 0 heterocycles. The first-order valence-corrected chi connectivity index (χ1v) is 6.81. The van der Waals surface area contributed by atoms with Crippen LogP contribution in [-0.4, -0.2) is 6.61 Å². The normalized spacial score (nSPS) is 17.7. The molecule has 2 rings (SSSR count). The second-order valence-corrected chi connectivity index (χ2v) is 5.52. The summed E-state index contributed by atoms with van der Waals surface area (Å²) in [5.74, 6) is 1.81. The van der Waals surface area contributed by atoms with Crippen LogP contribution >= 0.6 is 22.6 Å². The van der Waals surface area contributed by atoms with E-state index in [1.165, 1.54) is 35.7 Å². The average Bonchev–Trinajstić information content (AvgIpc) is 2.28. The lowest BCUT2D eigenvalue weighted by Crippen LogP contribution is -2.15. The minimum Gasteiger partial charge on any atom is -0.493 e. The Balaban J connectivity index is 1.81. The predicted octanol–water partition coefficient (Wildman–Crippen LogP) is 4.25. The number of ether oxygens (including phenoxy) is 1. The van der Waals surface area contributed by atoms with Crippen LogP contribution in [0.25, 0.3) is 0 Å². The van der Waals surface area contributed by atoms with Crippen molar-refractivity contribution in [2.75, 3.05) is 6.61 Å². The molecule has 1 aliphatic rings. The van der Waals surface area contributed by atoms with E-state index >= 15 is 0 Å². The van der Waals surface area contributed by atoms with E-state index in [1.807, 2.05) is 6.07 Å². The quantitative estimate of drug-likeness (QED) is 0.758. The Morgan fingerprint density at radius 1 is 1.20 bits per heavy atom. The topological polar surface area (TPSA) is 9.23 Å². The molecule has 0 bridgehead atoms. The van der Waals surface area contributed by atoms with Crippen LogP contribution in [-0.2, 0) is 0 Å². The molecule has 1 aliphatic carbocycles. The first-order chi connectivity index (χ1) is 7.34. The molecular weight excluding hydrogens is 299 g/mol. The fraction of sp³-hybridized carbons (Fsp3) is 0.538. The molecule has 0 unspecified atom stereocenters. The first kappa shape index (κ1) is 11.2. The van der Waals surface area contributed by atoms with Gasteiger partial charge in [-0.05, 0) is 59.5 Å². The van der Waals surface area contributed by atoms with Crippen LogP contribution in [0.1, 0.15) is 32.1 Å². The van der Waals surface area contributed by atoms with Crippen molar-refractivity contribution in [1.29, 1.82) is 0 Å². The Kier molecular flexibility index (Phi) is 4.29. The number of halogens is 1. The number of hydrogen-bond acceptors (Lipinski definition) is 1. The zero-order valence-electron chi connectivity index (χ0n) is 8.92. The second kappa shape index (κ2) is 5.73. The van der Waals surface area contributed by atoms with E-state index in [0.717, 1.165) is 18.3 Å². The standard InChI is InChI=1S/C13H17IO/c14-12-7-4-8-13(9-12)15-10-11-5-2-1-3-6-11/h4,7-9,11H,1-3,5-6,10H2. The van der Waals surface area contributed by atoms with Crippen LogP contribution < -0.4 is 4.74 Å². The minimum atomic E-state index is 0.789. The SMILES string of the molecule is Ic1cccc(OCC2CCCCC2)c1. The molecule has 0 saturated heterocycles. The maximum absolute atomic E-state index is 5.82. The molecule has 0 aromatic heterocycles. The maximum Gasteiger partial charge on any atom is 0.120 e. The Bertz CT molecular complexity index is 305. The Morgan fingerprint density at radius 3 is 2.73 bits per heavy atom. The van der Waals surface area contributed by atoms with Gasteiger partial charge in [-0.3, -0.25) is 0 Å². The van der Waals surface area contributed by atoms with Crippen molar-refractivity contribution in [3.05, 3.63) is 27.8 Å². The van der Waals surface area contributed by atoms with Crippen molar-refractivity contribution in [2.45, 2.75) is 32.1 Å². The lowest BCUT2D eigenvalue weighted by atomic mass is 9.90. The van der Waals surface area contributed by atoms with Gasteiger partial charge in [0.1, 0.15) is 5.75 Å². The third-order valence-electron chi connectivity index (χ3n) is 3.01. The largest absolute Gasteiger partial charge is 0.493 e. The summed E-state index contributed by atoms with van der Waals surface area (Å²) >= 11 is 2.32. The summed E-state index contributed by atoms with van der Waals surface area (Å²) in [6, 6.07) is 8.29. The molecule has 0 atom stereocenters. The van der Waals surface area contributed by atoms with E-state index in [9.17, 15) is 0 Å². The average molecular weight is 316 g/mol. The van der Waals surface area contributed by atoms with Gasteiger partial charge in [-0.1, -0.05) is 25.3 Å². The van der Waals surface area contributed by atoms with Crippen LogP contribution in [0.3, 0.4) is 0 Å². The summed E-state index contributed by atoms with van der Waals surface area (Å²) in [5, 5.41) is 0. The van der Waals surface area contributed by atoms with Crippen molar-refractivity contribution >= 4 is 22.6 Å². The van der Waals surface area contributed by atoms with Crippen molar-refractivity contribution in [3.8, 4) is 5.75 Å². The molecule has 0 spiro atoms. The molecule has 0 N–H and O–H groups in total. The molecule has 15 heavy (non-hydrogen) atoms. The van der Waals surface area contributed by atoms with Gasteiger partial charge >= 0.3 is 0 Å². The third kappa shape index (κ3) is 3.67. The number of rotatable bonds is 3. The van der Waals surface area contributed by atoms with Gasteiger partial charge in [-0.2, -0.15) is 0 Å². The second-order valence-electron chi connectivity index (χ2n) is 4.27. The van der Waals surface area contributed by atoms with Gasteiger partial charge in [0.05, 0.1) is 6.61 Å². The summed E-state index contributed by atoms with van der Waals surface area (Å²) in [7, 11) is 0. The van der Waals surface area contributed by atoms with Crippen LogP contribution in [0.5, 0.6) is 5.75 Å². The van der Waals surface area contributed by atoms with Gasteiger partial charge < -0.3 is 4.74 Å². The van der Waals surface area contributed by atoms with Crippen molar-refractivity contribution in [1.82, 2.24) is 0 Å². The zero-order valence-corrected chi connectivity index (χ0v) is 11.1. The van der Waals surface area contributed by atoms with Gasteiger partial charge in [-0.15, -0.1) is 0 Å². The zero-order chi connectivity index (χ0) is 10.5. The highest BCUT2D eigenvalue weighted by atomic mass is 127. The summed E-state index contributed by atoms with van der Waals surface area (Å²) in [5.41, 5.74) is 0. The Morgan fingerprint density at radius 2 is 2.00 bits per heavy atom. The lowest BCUT2D eigenvalue weighted by molar-refractivity contribution is 0.208. The highest BCUT2D eigenvalue weighted by Crippen LogP contribution is 2.24. The molecule has 82 valence electrons. The smallest absolute Gasteiger partial charge is 0.120 e. The van der Waals surface area contributed by atoms with Gasteiger partial charge in [0.2, 0.25) is 0 Å². The van der Waals surface area contributed by atoms with Gasteiger partial charge in [-0.25, -0.2) is 0 Å². The van der Waals surface area contributed by atoms with Crippen LogP contribution in [0.2, 0.25) is 0 Å². The molecule has 1 aromatic carbocycles. The highest BCUT2D eigenvalue weighted by Gasteiger charge is 2.13. The molecule has 1 aromatic rings. The minimum absolute atomic E-state index is 0.789. The van der Waals surface area contributed by atoms with Crippen molar-refractivity contribution in [2.24, 2.45) is 5.92 Å². The Labute approximate surface area is 105 Å². The summed E-state index contributed by atoms with van der Waals surface area (Å²) in [6.45, 7) is 0.903. The molecule has 0 radical (unpaired) electrons. The lowest BCUT2D eigenvalue weighted by Gasteiger charge is -2.21. The third-order valence-corrected chi connectivity index (χ3v) is 3.68. The van der Waals surface area contributed by atoms with E-state index in [2.05, 4.69) is 40.8 Å². The van der Waals surface area contributed by atoms with Gasteiger partial charge in [0.15, 0.2) is 0 Å². The fourth-order valence-corrected chi connectivity index (χ4v) is 2.64. The van der Waals surface area contributed by atoms with Crippen molar-refractivity contribution < 1.29 is 4.74 Å². The maximum atomic E-state index is 5.82. The van der Waals surface area contributed by atoms with Crippen LogP contribution in [0.15, 0.2) is 24.3 Å². The first-order valence-electron chi connectivity index (χ1n) is 5.73. The van der Waals surface area contributed by atoms with Crippen LogP contribution in [0.4, 0.5) is 0 Å². The van der Waals surface area contributed by atoms with E-state index in [4.69, 9.17) is 4.74 Å². The van der Waals surface area contributed by atoms with Gasteiger partial charge in [0.25, 0.3) is 0 Å². The van der Waals surface area contributed by atoms with Crippen molar-refractivity contribution in [3.63, 3.8) is 0 Å². The van der Waals surface area contributed by atoms with E-state index < -0.39 is 0 Å². The summed E-state index contributed by atoms with van der Waals surface area (Å²) in [6.07, 6.45) is 6.90. The molecule has 1 fully saturated rings. The molecule has 2 heteroatoms. The monoisotopic (exact) mass is 316 g/mol. The van der Waals surface area contributed by atoms with E-state index in [0.29, 0.717) is 0 Å². The summed E-state index contributed by atoms with van der Waals surface area (Å²) < 4.78 is 7.07. The molecule has 1 saturated carbocycles. The Hall–Kier alpha value is -0.250. The highest BCUT2D eigenvalue weighted by molar-refractivity contribution is 14.1. The van der Waals surface area contributed by atoms with E-state index in [-0.39, 0.29) is 0 Å². The van der Waals surface area contributed by atoms with Gasteiger partial charge in [0, 0.05) is 3.57 Å².